The summed E-state index contributed by atoms with van der Waals surface area (Å²) in [5.74, 6) is -3.22. The quantitative estimate of drug-likeness (QED) is 0.179. The standard InChI is InChI=1S/C28H25N3O8/c1-11-24(36)22(13(3)32)26-23(25(11)37)28(4)18(39-26)10-17(33)21(27(28)38)12(2)29-14-5-6-15-16(9-14)31-19(30-15)7-8-20(34)35/h5-6,9-10,29,36-37H,7-8H2,1-4H3,(H,30,31)(H,34,35)/b21-12+/t28-/m0/s1. The normalized spacial score (nSPS) is 19.3. The number of hydrogen-bond acceptors (Lipinski definition) is 9. The molecule has 1 aliphatic carbocycles. The summed E-state index contributed by atoms with van der Waals surface area (Å²) in [4.78, 5) is 57.7. The highest BCUT2D eigenvalue weighted by Crippen LogP contribution is 2.57. The van der Waals surface area contributed by atoms with E-state index in [1.807, 2.05) is 0 Å². The minimum atomic E-state index is -1.61. The highest BCUT2D eigenvalue weighted by Gasteiger charge is 2.56. The van der Waals surface area contributed by atoms with Crippen LogP contribution in [0.25, 0.3) is 11.0 Å². The first-order valence-electron chi connectivity index (χ1n) is 12.1. The summed E-state index contributed by atoms with van der Waals surface area (Å²) in [6, 6.07) is 5.15. The van der Waals surface area contributed by atoms with Crippen LogP contribution in [-0.2, 0) is 26.2 Å². The maximum Gasteiger partial charge on any atom is 0.303 e. The van der Waals surface area contributed by atoms with Gasteiger partial charge in [0.2, 0.25) is 0 Å². The van der Waals surface area contributed by atoms with E-state index in [2.05, 4.69) is 15.3 Å². The van der Waals surface area contributed by atoms with Crippen LogP contribution in [0, 0.1) is 6.92 Å². The third kappa shape index (κ3) is 3.85. The second kappa shape index (κ2) is 8.83. The molecule has 0 fully saturated rings. The van der Waals surface area contributed by atoms with Gasteiger partial charge in [-0.15, -0.1) is 0 Å². The Hall–Kier alpha value is -4.93. The van der Waals surface area contributed by atoms with E-state index in [4.69, 9.17) is 9.84 Å². The average Bonchev–Trinajstić information content (AvgIpc) is 3.39. The molecule has 1 aromatic heterocycles. The number of aliphatic carboxylic acids is 1. The van der Waals surface area contributed by atoms with Gasteiger partial charge in [-0.25, -0.2) is 4.98 Å². The fourth-order valence-electron chi connectivity index (χ4n) is 5.13. The third-order valence-electron chi connectivity index (χ3n) is 7.20. The lowest BCUT2D eigenvalue weighted by atomic mass is 9.70. The van der Waals surface area contributed by atoms with Crippen LogP contribution < -0.4 is 10.1 Å². The molecular weight excluding hydrogens is 506 g/mol. The van der Waals surface area contributed by atoms with E-state index in [0.717, 1.165) is 6.08 Å². The summed E-state index contributed by atoms with van der Waals surface area (Å²) in [5, 5.41) is 33.4. The van der Waals surface area contributed by atoms with Crippen molar-refractivity contribution in [1.82, 2.24) is 9.97 Å². The molecule has 0 saturated carbocycles. The van der Waals surface area contributed by atoms with Gasteiger partial charge in [-0.05, 0) is 45.9 Å². The van der Waals surface area contributed by atoms with E-state index in [9.17, 15) is 29.4 Å². The van der Waals surface area contributed by atoms with Crippen molar-refractivity contribution in [3.05, 3.63) is 63.8 Å². The second-order valence-corrected chi connectivity index (χ2v) is 9.82. The Labute approximate surface area is 221 Å². The number of imidazole rings is 1. The van der Waals surface area contributed by atoms with Gasteiger partial charge in [0, 0.05) is 29.4 Å². The zero-order valence-electron chi connectivity index (χ0n) is 21.6. The number of anilines is 1. The molecule has 0 unspecified atom stereocenters. The number of rotatable bonds is 6. The molecule has 0 spiro atoms. The summed E-state index contributed by atoms with van der Waals surface area (Å²) in [5.41, 5.74) is 0.173. The molecule has 39 heavy (non-hydrogen) atoms. The number of aromatic amines is 1. The predicted octanol–water partition coefficient (Wildman–Crippen LogP) is 3.57. The number of aromatic nitrogens is 2. The lowest BCUT2D eigenvalue weighted by Gasteiger charge is -2.29. The predicted molar refractivity (Wildman–Crippen MR) is 139 cm³/mol. The number of H-pyrrole nitrogens is 1. The maximum absolute atomic E-state index is 13.9. The number of ketones is 3. The number of phenols is 2. The summed E-state index contributed by atoms with van der Waals surface area (Å²) in [6.45, 7) is 5.72. The number of nitrogens with one attached hydrogen (secondary N) is 2. The summed E-state index contributed by atoms with van der Waals surface area (Å²) in [6.07, 6.45) is 1.33. The van der Waals surface area contributed by atoms with Crippen LogP contribution in [0.1, 0.15) is 54.5 Å². The van der Waals surface area contributed by atoms with Crippen LogP contribution >= 0.6 is 0 Å². The monoisotopic (exact) mass is 531 g/mol. The van der Waals surface area contributed by atoms with Gasteiger partial charge in [0.05, 0.1) is 28.6 Å². The zero-order chi connectivity index (χ0) is 28.4. The average molecular weight is 532 g/mol. The van der Waals surface area contributed by atoms with Crippen molar-refractivity contribution >= 4 is 40.0 Å². The first-order chi connectivity index (χ1) is 18.3. The minimum absolute atomic E-state index is 0.0184. The molecule has 0 bridgehead atoms. The molecule has 2 aliphatic rings. The van der Waals surface area contributed by atoms with Gasteiger partial charge in [0.1, 0.15) is 39.8 Å². The summed E-state index contributed by atoms with van der Waals surface area (Å²) < 4.78 is 5.78. The van der Waals surface area contributed by atoms with Gasteiger partial charge in [-0.2, -0.15) is 0 Å². The number of aryl methyl sites for hydroxylation is 1. The highest BCUT2D eigenvalue weighted by molar-refractivity contribution is 6.31. The van der Waals surface area contributed by atoms with Gasteiger partial charge in [0.25, 0.3) is 0 Å². The zero-order valence-corrected chi connectivity index (χ0v) is 21.6. The first kappa shape index (κ1) is 25.7. The van der Waals surface area contributed by atoms with Crippen LogP contribution in [0.2, 0.25) is 0 Å². The molecule has 3 aromatic rings. The number of carboxylic acids is 1. The summed E-state index contributed by atoms with van der Waals surface area (Å²) >= 11 is 0. The Bertz CT molecular complexity index is 1710. The Morgan fingerprint density at radius 2 is 1.87 bits per heavy atom. The van der Waals surface area contributed by atoms with Crippen molar-refractivity contribution in [3.63, 3.8) is 0 Å². The molecule has 2 aromatic carbocycles. The van der Waals surface area contributed by atoms with E-state index < -0.39 is 40.2 Å². The Morgan fingerprint density at radius 3 is 2.54 bits per heavy atom. The molecule has 200 valence electrons. The van der Waals surface area contributed by atoms with Crippen molar-refractivity contribution < 1.29 is 39.2 Å². The topological polar surface area (TPSA) is 179 Å². The molecule has 11 heteroatoms. The Morgan fingerprint density at radius 1 is 1.15 bits per heavy atom. The SMILES string of the molecule is CC(=O)c1c(O)c(C)c(O)c2c1OC1=CC(=O)/C(=C(/C)Nc3ccc4nc(CCC(=O)O)[nH]c4c3)C(=O)[C@@]12C. The van der Waals surface area contributed by atoms with Crippen molar-refractivity contribution in [1.29, 1.82) is 0 Å². The number of benzene rings is 2. The van der Waals surface area contributed by atoms with Crippen molar-refractivity contribution in [2.45, 2.75) is 46.0 Å². The number of phenolic OH excluding ortho intramolecular Hbond substituents is 2. The van der Waals surface area contributed by atoms with Crippen LogP contribution in [0.15, 0.2) is 41.3 Å². The molecule has 0 radical (unpaired) electrons. The number of allylic oxidation sites excluding steroid dienone is 4. The number of fused-ring (bicyclic) bond motifs is 4. The molecule has 11 nitrogen and oxygen atoms in total. The van der Waals surface area contributed by atoms with Crippen LogP contribution in [0.3, 0.4) is 0 Å². The largest absolute Gasteiger partial charge is 0.507 e. The van der Waals surface area contributed by atoms with E-state index in [-0.39, 0.29) is 52.3 Å². The number of Topliss-reactive ketones (excluding diaryl/α,β-unsaturated/α-hetero) is 2. The molecule has 2 heterocycles. The lowest BCUT2D eigenvalue weighted by Crippen LogP contribution is -2.40. The van der Waals surface area contributed by atoms with E-state index in [1.54, 1.807) is 25.1 Å². The molecule has 5 N–H and O–H groups in total. The first-order valence-corrected chi connectivity index (χ1v) is 12.1. The van der Waals surface area contributed by atoms with Crippen LogP contribution in [0.4, 0.5) is 5.69 Å². The molecule has 0 amide bonds. The number of carbonyl (C=O) groups is 4. The number of aromatic hydroxyl groups is 2. The number of nitrogens with zero attached hydrogens (tertiary/aromatic N) is 1. The van der Waals surface area contributed by atoms with E-state index in [1.165, 1.54) is 20.8 Å². The number of hydrogen-bond donors (Lipinski definition) is 5. The summed E-state index contributed by atoms with van der Waals surface area (Å²) in [7, 11) is 0. The van der Waals surface area contributed by atoms with Gasteiger partial charge < -0.3 is 30.4 Å². The van der Waals surface area contributed by atoms with Crippen molar-refractivity contribution in [2.75, 3.05) is 5.32 Å². The van der Waals surface area contributed by atoms with Crippen LogP contribution in [0.5, 0.6) is 17.2 Å². The van der Waals surface area contributed by atoms with E-state index >= 15 is 0 Å². The van der Waals surface area contributed by atoms with Gasteiger partial charge in [-0.3, -0.25) is 19.2 Å². The Kier molecular flexibility index (Phi) is 5.82. The molecular formula is C28H25N3O8. The van der Waals surface area contributed by atoms with Gasteiger partial charge in [0.15, 0.2) is 17.3 Å². The van der Waals surface area contributed by atoms with E-state index in [0.29, 0.717) is 22.5 Å². The lowest BCUT2D eigenvalue weighted by molar-refractivity contribution is -0.137. The van der Waals surface area contributed by atoms with Crippen molar-refractivity contribution in [2.24, 2.45) is 0 Å². The van der Waals surface area contributed by atoms with Crippen LogP contribution in [-0.4, -0.2) is 48.6 Å². The molecule has 0 saturated heterocycles. The number of ether oxygens (including phenoxy) is 1. The Balaban J connectivity index is 1.55. The second-order valence-electron chi connectivity index (χ2n) is 9.82. The minimum Gasteiger partial charge on any atom is -0.507 e. The fourth-order valence-corrected chi connectivity index (χ4v) is 5.13. The smallest absolute Gasteiger partial charge is 0.303 e. The highest BCUT2D eigenvalue weighted by atomic mass is 16.5. The molecule has 1 aliphatic heterocycles. The van der Waals surface area contributed by atoms with Gasteiger partial charge in [-0.1, -0.05) is 0 Å². The van der Waals surface area contributed by atoms with Crippen molar-refractivity contribution in [3.8, 4) is 17.2 Å². The fraction of sp³-hybridized carbons (Fsp3) is 0.250. The maximum atomic E-state index is 13.9. The molecule has 1 atom stereocenters. The molecule has 5 rings (SSSR count). The van der Waals surface area contributed by atoms with Gasteiger partial charge >= 0.3 is 5.97 Å². The number of carbonyl (C=O) groups excluding carboxylic acids is 3. The third-order valence-corrected chi connectivity index (χ3v) is 7.20. The number of carboxylic acid groups (broad SMARTS) is 1.